The maximum atomic E-state index is 12.0. The lowest BCUT2D eigenvalue weighted by molar-refractivity contribution is -0.121. The number of aromatic nitrogens is 1. The zero-order valence-corrected chi connectivity index (χ0v) is 12.4. The number of hydrogen-bond donors (Lipinski definition) is 1. The number of para-hydroxylation sites is 1. The van der Waals surface area contributed by atoms with E-state index in [4.69, 9.17) is 0 Å². The van der Waals surface area contributed by atoms with Gasteiger partial charge in [0.2, 0.25) is 5.91 Å². The third-order valence-corrected chi connectivity index (χ3v) is 3.60. The van der Waals surface area contributed by atoms with Crippen molar-refractivity contribution in [2.45, 2.75) is 33.2 Å². The highest BCUT2D eigenvalue weighted by molar-refractivity contribution is 5.88. The number of benzene rings is 1. The summed E-state index contributed by atoms with van der Waals surface area (Å²) in [4.78, 5) is 12.0. The molecular weight excluding hydrogens is 248 g/mol. The van der Waals surface area contributed by atoms with Gasteiger partial charge in [-0.05, 0) is 24.5 Å². The van der Waals surface area contributed by atoms with E-state index in [1.807, 2.05) is 6.07 Å². The molecule has 2 rings (SSSR count). The topological polar surface area (TPSA) is 34.0 Å². The third-order valence-electron chi connectivity index (χ3n) is 3.60. The van der Waals surface area contributed by atoms with Crippen LogP contribution in [0.2, 0.25) is 0 Å². The molecule has 1 aromatic heterocycles. The summed E-state index contributed by atoms with van der Waals surface area (Å²) in [6, 6.07) is 8.28. The summed E-state index contributed by atoms with van der Waals surface area (Å²) < 4.78 is 2.10. The molecule has 0 saturated heterocycles. The Balaban J connectivity index is 2.45. The molecule has 0 aliphatic carbocycles. The highest BCUT2D eigenvalue weighted by Gasteiger charge is 2.17. The van der Waals surface area contributed by atoms with Gasteiger partial charge in [0.15, 0.2) is 0 Å². The molecule has 1 aromatic carbocycles. The second kappa shape index (κ2) is 5.95. The molecule has 0 fully saturated rings. The fourth-order valence-corrected chi connectivity index (χ4v) is 2.78. The van der Waals surface area contributed by atoms with Crippen molar-refractivity contribution in [3.05, 3.63) is 48.2 Å². The van der Waals surface area contributed by atoms with Crippen LogP contribution < -0.4 is 5.32 Å². The SMILES string of the molecule is C=CCNC(=O)Cn1c(C)c(C(C)C)c2ccccc21. The summed E-state index contributed by atoms with van der Waals surface area (Å²) in [6.45, 7) is 11.0. The van der Waals surface area contributed by atoms with Crippen LogP contribution in [0.5, 0.6) is 0 Å². The largest absolute Gasteiger partial charge is 0.351 e. The summed E-state index contributed by atoms with van der Waals surface area (Å²) in [7, 11) is 0. The van der Waals surface area contributed by atoms with E-state index in [2.05, 4.69) is 55.4 Å². The second-order valence-electron chi connectivity index (χ2n) is 5.35. The van der Waals surface area contributed by atoms with Crippen LogP contribution in [0.1, 0.15) is 31.0 Å². The number of carbonyl (C=O) groups is 1. The van der Waals surface area contributed by atoms with Crippen LogP contribution >= 0.6 is 0 Å². The summed E-state index contributed by atoms with van der Waals surface area (Å²) in [5, 5.41) is 4.08. The van der Waals surface area contributed by atoms with E-state index in [9.17, 15) is 4.79 Å². The molecule has 0 bridgehead atoms. The number of hydrogen-bond acceptors (Lipinski definition) is 1. The standard InChI is InChI=1S/C17H22N2O/c1-5-10-18-16(20)11-19-13(4)17(12(2)3)14-8-6-7-9-15(14)19/h5-9,12H,1,10-11H2,2-4H3,(H,18,20). The molecule has 2 aromatic rings. The molecule has 0 atom stereocenters. The first kappa shape index (κ1) is 14.4. The van der Waals surface area contributed by atoms with Crippen molar-refractivity contribution in [3.8, 4) is 0 Å². The van der Waals surface area contributed by atoms with Crippen LogP contribution in [-0.4, -0.2) is 17.0 Å². The Morgan fingerprint density at radius 2 is 2.10 bits per heavy atom. The summed E-state index contributed by atoms with van der Waals surface area (Å²) in [6.07, 6.45) is 1.69. The number of rotatable bonds is 5. The van der Waals surface area contributed by atoms with Crippen LogP contribution in [0.3, 0.4) is 0 Å². The molecular formula is C17H22N2O. The highest BCUT2D eigenvalue weighted by atomic mass is 16.1. The van der Waals surface area contributed by atoms with Gasteiger partial charge in [0.1, 0.15) is 6.54 Å². The summed E-state index contributed by atoms with van der Waals surface area (Å²) in [5.74, 6) is 0.460. The van der Waals surface area contributed by atoms with E-state index in [0.717, 1.165) is 5.52 Å². The quantitative estimate of drug-likeness (QED) is 0.830. The molecule has 1 N–H and O–H groups in total. The smallest absolute Gasteiger partial charge is 0.240 e. The highest BCUT2D eigenvalue weighted by Crippen LogP contribution is 2.31. The van der Waals surface area contributed by atoms with E-state index in [1.165, 1.54) is 16.6 Å². The molecule has 0 aliphatic heterocycles. The van der Waals surface area contributed by atoms with Gasteiger partial charge < -0.3 is 9.88 Å². The van der Waals surface area contributed by atoms with Gasteiger partial charge in [0.05, 0.1) is 0 Å². The lowest BCUT2D eigenvalue weighted by Crippen LogP contribution is -2.27. The fourth-order valence-electron chi connectivity index (χ4n) is 2.78. The van der Waals surface area contributed by atoms with Crippen LogP contribution in [0.4, 0.5) is 0 Å². The minimum Gasteiger partial charge on any atom is -0.351 e. The van der Waals surface area contributed by atoms with E-state index in [0.29, 0.717) is 19.0 Å². The Morgan fingerprint density at radius 1 is 1.40 bits per heavy atom. The lowest BCUT2D eigenvalue weighted by Gasteiger charge is -2.10. The van der Waals surface area contributed by atoms with Crippen molar-refractivity contribution in [1.82, 2.24) is 9.88 Å². The van der Waals surface area contributed by atoms with Crippen molar-refractivity contribution in [3.63, 3.8) is 0 Å². The molecule has 0 spiro atoms. The van der Waals surface area contributed by atoms with Gasteiger partial charge in [0, 0.05) is 23.1 Å². The number of fused-ring (bicyclic) bond motifs is 1. The molecule has 1 heterocycles. The summed E-state index contributed by atoms with van der Waals surface area (Å²) >= 11 is 0. The van der Waals surface area contributed by atoms with Crippen molar-refractivity contribution in [2.75, 3.05) is 6.54 Å². The van der Waals surface area contributed by atoms with Crippen LogP contribution in [-0.2, 0) is 11.3 Å². The molecule has 0 radical (unpaired) electrons. The number of amides is 1. The molecule has 3 heteroatoms. The summed E-state index contributed by atoms with van der Waals surface area (Å²) in [5.41, 5.74) is 3.63. The Bertz CT molecular complexity index is 638. The Hall–Kier alpha value is -2.03. The first-order chi connectivity index (χ1) is 9.56. The molecule has 3 nitrogen and oxygen atoms in total. The average Bonchev–Trinajstić information content (AvgIpc) is 2.69. The zero-order chi connectivity index (χ0) is 14.7. The van der Waals surface area contributed by atoms with Gasteiger partial charge in [-0.15, -0.1) is 6.58 Å². The first-order valence-electron chi connectivity index (χ1n) is 7.01. The van der Waals surface area contributed by atoms with Crippen LogP contribution in [0.15, 0.2) is 36.9 Å². The first-order valence-corrected chi connectivity index (χ1v) is 7.01. The van der Waals surface area contributed by atoms with Crippen LogP contribution in [0, 0.1) is 6.92 Å². The van der Waals surface area contributed by atoms with Gasteiger partial charge in [-0.1, -0.05) is 38.1 Å². The van der Waals surface area contributed by atoms with Crippen molar-refractivity contribution >= 4 is 16.8 Å². The van der Waals surface area contributed by atoms with Gasteiger partial charge in [-0.2, -0.15) is 0 Å². The maximum Gasteiger partial charge on any atom is 0.240 e. The Morgan fingerprint density at radius 3 is 2.75 bits per heavy atom. The normalized spacial score (nSPS) is 11.0. The molecule has 106 valence electrons. The molecule has 0 aliphatic rings. The van der Waals surface area contributed by atoms with Crippen LogP contribution in [0.25, 0.3) is 10.9 Å². The Kier molecular flexibility index (Phi) is 4.28. The average molecular weight is 270 g/mol. The van der Waals surface area contributed by atoms with E-state index in [1.54, 1.807) is 6.08 Å². The third kappa shape index (κ3) is 2.62. The molecule has 0 saturated carbocycles. The number of carbonyl (C=O) groups excluding carboxylic acids is 1. The van der Waals surface area contributed by atoms with Crippen molar-refractivity contribution in [1.29, 1.82) is 0 Å². The number of nitrogens with zero attached hydrogens (tertiary/aromatic N) is 1. The monoisotopic (exact) mass is 270 g/mol. The van der Waals surface area contributed by atoms with Crippen molar-refractivity contribution in [2.24, 2.45) is 0 Å². The minimum atomic E-state index is 0.0176. The second-order valence-corrected chi connectivity index (χ2v) is 5.35. The van der Waals surface area contributed by atoms with E-state index in [-0.39, 0.29) is 5.91 Å². The van der Waals surface area contributed by atoms with E-state index >= 15 is 0 Å². The number of nitrogens with one attached hydrogen (secondary N) is 1. The minimum absolute atomic E-state index is 0.0176. The van der Waals surface area contributed by atoms with E-state index < -0.39 is 0 Å². The van der Waals surface area contributed by atoms with Gasteiger partial charge in [-0.3, -0.25) is 4.79 Å². The predicted octanol–water partition coefficient (Wildman–Crippen LogP) is 3.38. The Labute approximate surface area is 120 Å². The molecule has 20 heavy (non-hydrogen) atoms. The van der Waals surface area contributed by atoms with Gasteiger partial charge in [-0.25, -0.2) is 0 Å². The molecule has 0 unspecified atom stereocenters. The van der Waals surface area contributed by atoms with Gasteiger partial charge >= 0.3 is 0 Å². The zero-order valence-electron chi connectivity index (χ0n) is 12.4. The van der Waals surface area contributed by atoms with Gasteiger partial charge in [0.25, 0.3) is 0 Å². The lowest BCUT2D eigenvalue weighted by atomic mass is 10.00. The fraction of sp³-hybridized carbons (Fsp3) is 0.353. The van der Waals surface area contributed by atoms with Crippen molar-refractivity contribution < 1.29 is 4.79 Å². The molecule has 1 amide bonds. The maximum absolute atomic E-state index is 12.0. The predicted molar refractivity (Wildman–Crippen MR) is 84.0 cm³/mol.